The average Bonchev–Trinajstić information content (AvgIpc) is 3.53. The molecule has 0 unspecified atom stereocenters. The largest absolute Gasteiger partial charge is 0.325 e. The van der Waals surface area contributed by atoms with Gasteiger partial charge in [0, 0.05) is 17.2 Å². The average molecular weight is 452 g/mol. The number of nitrogens with one attached hydrogen (secondary N) is 1. The van der Waals surface area contributed by atoms with E-state index in [1.807, 2.05) is 24.6 Å². The third-order valence-electron chi connectivity index (χ3n) is 5.69. The molecule has 4 aromatic rings. The molecule has 9 heteroatoms. The molecule has 0 saturated heterocycles. The van der Waals surface area contributed by atoms with Gasteiger partial charge in [-0.1, -0.05) is 18.5 Å². The zero-order valence-electron chi connectivity index (χ0n) is 18.1. The number of rotatable bonds is 6. The van der Waals surface area contributed by atoms with Gasteiger partial charge in [-0.15, -0.1) is 0 Å². The molecule has 0 aliphatic heterocycles. The van der Waals surface area contributed by atoms with E-state index in [-0.39, 0.29) is 5.82 Å². The van der Waals surface area contributed by atoms with E-state index >= 15 is 0 Å². The monoisotopic (exact) mass is 451 g/mol. The summed E-state index contributed by atoms with van der Waals surface area (Å²) >= 11 is 6.31. The lowest BCUT2D eigenvalue weighted by molar-refractivity contribution is 0.628. The zero-order valence-corrected chi connectivity index (χ0v) is 18.9. The maximum atomic E-state index is 13.5. The fourth-order valence-electron chi connectivity index (χ4n) is 3.86. The fourth-order valence-corrected chi connectivity index (χ4v) is 3.98. The summed E-state index contributed by atoms with van der Waals surface area (Å²) in [6.07, 6.45) is 4.45. The van der Waals surface area contributed by atoms with E-state index in [0.717, 1.165) is 53.3 Å². The Morgan fingerprint density at radius 1 is 1.12 bits per heavy atom. The summed E-state index contributed by atoms with van der Waals surface area (Å²) in [6, 6.07) is 8.67. The van der Waals surface area contributed by atoms with Crippen LogP contribution in [0.2, 0.25) is 5.02 Å². The molecule has 7 nitrogen and oxygen atoms in total. The van der Waals surface area contributed by atoms with E-state index in [0.29, 0.717) is 22.7 Å². The maximum absolute atomic E-state index is 13.5. The summed E-state index contributed by atoms with van der Waals surface area (Å²) in [5.74, 6) is 1.92. The molecule has 1 aliphatic carbocycles. The van der Waals surface area contributed by atoms with Crippen molar-refractivity contribution in [1.82, 2.24) is 29.5 Å². The molecule has 1 aromatic carbocycles. The molecule has 0 radical (unpaired) electrons. The van der Waals surface area contributed by atoms with Gasteiger partial charge in [-0.05, 0) is 57.4 Å². The van der Waals surface area contributed by atoms with Gasteiger partial charge in [0.25, 0.3) is 0 Å². The van der Waals surface area contributed by atoms with Crippen LogP contribution in [-0.2, 0) is 6.42 Å². The highest BCUT2D eigenvalue weighted by atomic mass is 35.5. The van der Waals surface area contributed by atoms with Crippen LogP contribution in [0.4, 0.5) is 16.0 Å². The Morgan fingerprint density at radius 3 is 2.50 bits per heavy atom. The first-order valence-corrected chi connectivity index (χ1v) is 11.0. The molecule has 164 valence electrons. The third-order valence-corrected chi connectivity index (χ3v) is 6.24. The van der Waals surface area contributed by atoms with Crippen LogP contribution in [0.3, 0.4) is 0 Å². The Morgan fingerprint density at radius 2 is 1.88 bits per heavy atom. The van der Waals surface area contributed by atoms with Crippen molar-refractivity contribution in [2.75, 3.05) is 5.32 Å². The normalized spacial score (nSPS) is 13.5. The summed E-state index contributed by atoms with van der Waals surface area (Å²) in [4.78, 5) is 8.79. The van der Waals surface area contributed by atoms with E-state index in [1.54, 1.807) is 16.8 Å². The van der Waals surface area contributed by atoms with Crippen LogP contribution in [0.25, 0.3) is 17.1 Å². The van der Waals surface area contributed by atoms with Crippen molar-refractivity contribution in [3.63, 3.8) is 0 Å². The molecule has 0 atom stereocenters. The van der Waals surface area contributed by atoms with Crippen molar-refractivity contribution in [3.8, 4) is 17.1 Å². The molecule has 3 heterocycles. The summed E-state index contributed by atoms with van der Waals surface area (Å²) < 4.78 is 17.2. The van der Waals surface area contributed by atoms with E-state index in [4.69, 9.17) is 16.7 Å². The van der Waals surface area contributed by atoms with Crippen LogP contribution in [0.5, 0.6) is 0 Å². The molecule has 3 aromatic heterocycles. The minimum Gasteiger partial charge on any atom is -0.325 e. The van der Waals surface area contributed by atoms with Crippen LogP contribution in [0.1, 0.15) is 42.8 Å². The van der Waals surface area contributed by atoms with E-state index < -0.39 is 0 Å². The van der Waals surface area contributed by atoms with Crippen LogP contribution in [0.15, 0.2) is 36.7 Å². The number of halogens is 2. The number of anilines is 2. The number of benzene rings is 1. The minimum absolute atomic E-state index is 0.260. The number of hydrogen-bond donors (Lipinski definition) is 1. The number of nitrogens with zero attached hydrogens (tertiary/aromatic N) is 6. The number of aromatic nitrogens is 6. The predicted octanol–water partition coefficient (Wildman–Crippen LogP) is 5.58. The second-order valence-corrected chi connectivity index (χ2v) is 8.37. The molecular weight excluding hydrogens is 429 g/mol. The zero-order chi connectivity index (χ0) is 22.4. The van der Waals surface area contributed by atoms with Crippen molar-refractivity contribution < 1.29 is 4.39 Å². The van der Waals surface area contributed by atoms with Gasteiger partial charge in [0.2, 0.25) is 0 Å². The molecule has 0 spiro atoms. The molecular formula is C23H23ClFN7. The van der Waals surface area contributed by atoms with Gasteiger partial charge in [0.15, 0.2) is 5.82 Å². The van der Waals surface area contributed by atoms with Crippen molar-refractivity contribution in [2.45, 2.75) is 46.1 Å². The Bertz CT molecular complexity index is 1290. The Balaban J connectivity index is 1.55. The topological polar surface area (TPSA) is 73.5 Å². The van der Waals surface area contributed by atoms with Crippen molar-refractivity contribution in [3.05, 3.63) is 64.5 Å². The summed E-state index contributed by atoms with van der Waals surface area (Å²) in [6.45, 7) is 5.87. The Labute approximate surface area is 190 Å². The molecule has 1 saturated carbocycles. The fraction of sp³-hybridized carbons (Fsp3) is 0.304. The highest BCUT2D eigenvalue weighted by molar-refractivity contribution is 6.31. The second kappa shape index (κ2) is 8.02. The standard InChI is InChI=1S/C23H23ClFN7/c1-4-18-22(15-5-7-16(25)8-6-15)30-32(17-9-10-17)23(18)28-19-11-20(27-12-26-19)31-14(3)21(24)13(2)29-31/h5-8,11-12,17H,4,9-10H2,1-3H3,(H,26,27,28). The quantitative estimate of drug-likeness (QED) is 0.414. The number of aryl methyl sites for hydroxylation is 1. The van der Waals surface area contributed by atoms with Crippen LogP contribution in [-0.4, -0.2) is 29.5 Å². The first-order valence-electron chi connectivity index (χ1n) is 10.6. The van der Waals surface area contributed by atoms with E-state index in [1.165, 1.54) is 18.5 Å². The second-order valence-electron chi connectivity index (χ2n) is 8.00. The van der Waals surface area contributed by atoms with Crippen molar-refractivity contribution in [1.29, 1.82) is 0 Å². The summed E-state index contributed by atoms with van der Waals surface area (Å²) in [5.41, 5.74) is 4.40. The van der Waals surface area contributed by atoms with Gasteiger partial charge >= 0.3 is 0 Å². The predicted molar refractivity (Wildman–Crippen MR) is 122 cm³/mol. The highest BCUT2D eigenvalue weighted by Crippen LogP contribution is 2.41. The van der Waals surface area contributed by atoms with E-state index in [9.17, 15) is 4.39 Å². The van der Waals surface area contributed by atoms with Gasteiger partial charge in [-0.3, -0.25) is 0 Å². The van der Waals surface area contributed by atoms with Gasteiger partial charge in [0.05, 0.1) is 28.1 Å². The third kappa shape index (κ3) is 3.64. The minimum atomic E-state index is -0.260. The lowest BCUT2D eigenvalue weighted by Crippen LogP contribution is -2.07. The van der Waals surface area contributed by atoms with Crippen molar-refractivity contribution >= 4 is 23.2 Å². The Hall–Kier alpha value is -3.26. The maximum Gasteiger partial charge on any atom is 0.159 e. The SMILES string of the molecule is CCc1c(-c2ccc(F)cc2)nn(C2CC2)c1Nc1cc(-n2nc(C)c(Cl)c2C)ncn1. The smallest absolute Gasteiger partial charge is 0.159 e. The van der Waals surface area contributed by atoms with E-state index in [2.05, 4.69) is 27.3 Å². The van der Waals surface area contributed by atoms with Crippen molar-refractivity contribution in [2.24, 2.45) is 0 Å². The first kappa shape index (κ1) is 20.6. The van der Waals surface area contributed by atoms with Crippen LogP contribution >= 0.6 is 11.6 Å². The van der Waals surface area contributed by atoms with Crippen LogP contribution in [0, 0.1) is 19.7 Å². The Kier molecular flexibility index (Phi) is 5.17. The van der Waals surface area contributed by atoms with Gasteiger partial charge in [-0.2, -0.15) is 10.2 Å². The molecule has 32 heavy (non-hydrogen) atoms. The summed E-state index contributed by atoms with van der Waals surface area (Å²) in [5, 5.41) is 13.5. The molecule has 5 rings (SSSR count). The van der Waals surface area contributed by atoms with Gasteiger partial charge in [0.1, 0.15) is 23.8 Å². The molecule has 0 bridgehead atoms. The lowest BCUT2D eigenvalue weighted by Gasteiger charge is -2.11. The lowest BCUT2D eigenvalue weighted by atomic mass is 10.1. The molecule has 1 aliphatic rings. The molecule has 1 N–H and O–H groups in total. The molecule has 1 fully saturated rings. The highest BCUT2D eigenvalue weighted by Gasteiger charge is 2.30. The molecule has 0 amide bonds. The number of hydrogen-bond acceptors (Lipinski definition) is 5. The summed E-state index contributed by atoms with van der Waals surface area (Å²) in [7, 11) is 0. The van der Waals surface area contributed by atoms with Crippen LogP contribution < -0.4 is 5.32 Å². The first-order chi connectivity index (χ1) is 15.5. The van der Waals surface area contributed by atoms with Gasteiger partial charge < -0.3 is 5.32 Å². The van der Waals surface area contributed by atoms with Gasteiger partial charge in [-0.25, -0.2) is 23.7 Å².